The lowest BCUT2D eigenvalue weighted by Crippen LogP contribution is -2.26. The van der Waals surface area contributed by atoms with Crippen molar-refractivity contribution in [3.8, 4) is 39.1 Å². The van der Waals surface area contributed by atoms with Crippen LogP contribution >= 0.6 is 0 Å². The van der Waals surface area contributed by atoms with Crippen molar-refractivity contribution in [3.05, 3.63) is 204 Å². The predicted octanol–water partition coefficient (Wildman–Crippen LogP) is 13.4. The van der Waals surface area contributed by atoms with Gasteiger partial charge in [0.2, 0.25) is 0 Å². The minimum Gasteiger partial charge on any atom is -0.296 e. The average molecular weight is 701 g/mol. The molecule has 9 aromatic carbocycles. The number of para-hydroxylation sites is 2. The van der Waals surface area contributed by atoms with Crippen LogP contribution in [0.2, 0.25) is 0 Å². The quantitative estimate of drug-likeness (QED) is 0.167. The Morgan fingerprint density at radius 2 is 1.11 bits per heavy atom. The largest absolute Gasteiger partial charge is 0.296 e. The molecular formula is C53H36N2. The van der Waals surface area contributed by atoms with E-state index in [1.54, 1.807) is 0 Å². The fourth-order valence-corrected chi connectivity index (χ4v) is 10.3. The van der Waals surface area contributed by atoms with Crippen LogP contribution in [0.15, 0.2) is 176 Å². The second-order valence-corrected chi connectivity index (χ2v) is 15.3. The van der Waals surface area contributed by atoms with Gasteiger partial charge in [0.1, 0.15) is 5.82 Å². The summed E-state index contributed by atoms with van der Waals surface area (Å²) in [6, 6.07) is 65.9. The van der Waals surface area contributed by atoms with Gasteiger partial charge < -0.3 is 0 Å². The van der Waals surface area contributed by atoms with E-state index >= 15 is 0 Å². The van der Waals surface area contributed by atoms with Crippen LogP contribution in [0.25, 0.3) is 82.4 Å². The maximum absolute atomic E-state index is 4.99. The van der Waals surface area contributed by atoms with Crippen molar-refractivity contribution in [1.29, 1.82) is 0 Å². The number of hydrogen-bond donors (Lipinski definition) is 0. The summed E-state index contributed by atoms with van der Waals surface area (Å²) < 4.78 is 2.33. The standard InChI is InChI=1S/C53H36N2/c1-2-13-50-54-48-22-11-12-23-49(48)55(50)37-28-26-33(27-29-37)34-24-25-35-31-44-47(32-36(35)30-34)53(45-20-9-7-16-40(45)41-17-8-10-21-46(41)53)52-43-19-6-4-15-39(43)38-14-3-5-18-42(38)51(44)52/h3-12,14-32H,2,13H2,1H3. The molecule has 10 aromatic rings. The zero-order valence-corrected chi connectivity index (χ0v) is 30.6. The number of imidazole rings is 1. The molecule has 258 valence electrons. The number of rotatable bonds is 4. The van der Waals surface area contributed by atoms with E-state index in [1.165, 1.54) is 88.0 Å². The fraction of sp³-hybridized carbons (Fsp3) is 0.0755. The molecule has 0 amide bonds. The maximum Gasteiger partial charge on any atom is 0.114 e. The molecule has 2 aliphatic carbocycles. The van der Waals surface area contributed by atoms with Gasteiger partial charge in [0.05, 0.1) is 16.4 Å². The first-order valence-electron chi connectivity index (χ1n) is 19.5. The average Bonchev–Trinajstić information content (AvgIpc) is 3.87. The highest BCUT2D eigenvalue weighted by Crippen LogP contribution is 2.65. The number of hydrogen-bond acceptors (Lipinski definition) is 1. The third kappa shape index (κ3) is 4.06. The van der Waals surface area contributed by atoms with Crippen LogP contribution < -0.4 is 0 Å². The molecule has 0 fully saturated rings. The van der Waals surface area contributed by atoms with E-state index in [4.69, 9.17) is 4.98 Å². The molecule has 0 radical (unpaired) electrons. The summed E-state index contributed by atoms with van der Waals surface area (Å²) in [6.45, 7) is 2.22. The summed E-state index contributed by atoms with van der Waals surface area (Å²) in [6.07, 6.45) is 2.00. The molecule has 1 aromatic heterocycles. The SMILES string of the molecule is CCCc1nc2ccccc2n1-c1ccc(-c2ccc3cc4c(cc3c2)C2(c3ccccc3-c3ccccc32)c2c-4c3ccccc3c3ccccc23)cc1. The minimum atomic E-state index is -0.447. The van der Waals surface area contributed by atoms with Gasteiger partial charge in [0.25, 0.3) is 0 Å². The maximum atomic E-state index is 4.99. The van der Waals surface area contributed by atoms with Gasteiger partial charge in [-0.05, 0) is 137 Å². The van der Waals surface area contributed by atoms with Gasteiger partial charge in [0.15, 0.2) is 0 Å². The van der Waals surface area contributed by atoms with Gasteiger partial charge >= 0.3 is 0 Å². The molecule has 0 saturated heterocycles. The first-order valence-corrected chi connectivity index (χ1v) is 19.5. The first kappa shape index (κ1) is 30.7. The molecule has 0 unspecified atom stereocenters. The van der Waals surface area contributed by atoms with Gasteiger partial charge in [-0.15, -0.1) is 0 Å². The van der Waals surface area contributed by atoms with Gasteiger partial charge in [-0.25, -0.2) is 4.98 Å². The van der Waals surface area contributed by atoms with E-state index in [-0.39, 0.29) is 0 Å². The minimum absolute atomic E-state index is 0.447. The monoisotopic (exact) mass is 700 g/mol. The van der Waals surface area contributed by atoms with Crippen LogP contribution in [0.4, 0.5) is 0 Å². The van der Waals surface area contributed by atoms with Crippen molar-refractivity contribution in [1.82, 2.24) is 9.55 Å². The summed E-state index contributed by atoms with van der Waals surface area (Å²) >= 11 is 0. The Morgan fingerprint density at radius 3 is 1.85 bits per heavy atom. The van der Waals surface area contributed by atoms with Gasteiger partial charge in [-0.3, -0.25) is 4.57 Å². The van der Waals surface area contributed by atoms with Crippen LogP contribution in [0.1, 0.15) is 41.4 Å². The summed E-state index contributed by atoms with van der Waals surface area (Å²) in [5, 5.41) is 7.79. The van der Waals surface area contributed by atoms with Crippen LogP contribution in [-0.2, 0) is 11.8 Å². The second kappa shape index (κ2) is 11.4. The van der Waals surface area contributed by atoms with Crippen molar-refractivity contribution in [2.24, 2.45) is 0 Å². The van der Waals surface area contributed by atoms with E-state index < -0.39 is 5.41 Å². The van der Waals surface area contributed by atoms with Gasteiger partial charge in [0, 0.05) is 12.1 Å². The lowest BCUT2D eigenvalue weighted by atomic mass is 9.69. The number of fused-ring (bicyclic) bond motifs is 17. The Balaban J connectivity index is 1.10. The molecule has 2 aliphatic rings. The van der Waals surface area contributed by atoms with E-state index in [2.05, 4.69) is 187 Å². The molecule has 2 nitrogen and oxygen atoms in total. The Morgan fingerprint density at radius 1 is 0.491 bits per heavy atom. The van der Waals surface area contributed by atoms with Crippen LogP contribution in [0.5, 0.6) is 0 Å². The molecule has 0 N–H and O–H groups in total. The van der Waals surface area contributed by atoms with Crippen molar-refractivity contribution >= 4 is 43.4 Å². The molecule has 0 aliphatic heterocycles. The Labute approximate surface area is 320 Å². The van der Waals surface area contributed by atoms with Gasteiger partial charge in [-0.2, -0.15) is 0 Å². The molecule has 55 heavy (non-hydrogen) atoms. The van der Waals surface area contributed by atoms with Crippen molar-refractivity contribution in [2.45, 2.75) is 25.2 Å². The summed E-state index contributed by atoms with van der Waals surface area (Å²) in [4.78, 5) is 4.99. The molecule has 2 heteroatoms. The molecule has 0 bridgehead atoms. The Kier molecular flexibility index (Phi) is 6.34. The van der Waals surface area contributed by atoms with Crippen molar-refractivity contribution in [3.63, 3.8) is 0 Å². The smallest absolute Gasteiger partial charge is 0.114 e. The van der Waals surface area contributed by atoms with Gasteiger partial charge in [-0.1, -0.05) is 140 Å². The van der Waals surface area contributed by atoms with E-state index in [0.29, 0.717) is 0 Å². The third-order valence-corrected chi connectivity index (χ3v) is 12.5. The summed E-state index contributed by atoms with van der Waals surface area (Å²) in [5.41, 5.74) is 16.2. The highest BCUT2D eigenvalue weighted by atomic mass is 15.1. The lowest BCUT2D eigenvalue weighted by Gasteiger charge is -2.32. The summed E-state index contributed by atoms with van der Waals surface area (Å²) in [7, 11) is 0. The van der Waals surface area contributed by atoms with Crippen LogP contribution in [0.3, 0.4) is 0 Å². The highest BCUT2D eigenvalue weighted by molar-refractivity contribution is 6.20. The Hall–Kier alpha value is -6.77. The van der Waals surface area contributed by atoms with Crippen LogP contribution in [0, 0.1) is 0 Å². The van der Waals surface area contributed by atoms with E-state index in [0.717, 1.165) is 35.4 Å². The summed E-state index contributed by atoms with van der Waals surface area (Å²) in [5.74, 6) is 1.11. The molecule has 12 rings (SSSR count). The van der Waals surface area contributed by atoms with Crippen molar-refractivity contribution < 1.29 is 0 Å². The molecule has 0 atom stereocenters. The van der Waals surface area contributed by atoms with Crippen LogP contribution in [-0.4, -0.2) is 9.55 Å². The van der Waals surface area contributed by atoms with E-state index in [9.17, 15) is 0 Å². The molecule has 0 saturated carbocycles. The second-order valence-electron chi connectivity index (χ2n) is 15.3. The fourth-order valence-electron chi connectivity index (χ4n) is 10.3. The Bertz CT molecular complexity index is 3170. The zero-order valence-electron chi connectivity index (χ0n) is 30.6. The highest BCUT2D eigenvalue weighted by Gasteiger charge is 2.53. The number of aromatic nitrogens is 2. The third-order valence-electron chi connectivity index (χ3n) is 12.5. The first-order chi connectivity index (χ1) is 27.2. The number of benzene rings is 9. The number of aryl methyl sites for hydroxylation is 1. The van der Waals surface area contributed by atoms with E-state index in [1.807, 2.05) is 0 Å². The molecule has 1 spiro atoms. The lowest BCUT2D eigenvalue weighted by molar-refractivity contribution is 0.803. The molecule has 1 heterocycles. The zero-order chi connectivity index (χ0) is 36.3. The topological polar surface area (TPSA) is 17.8 Å². The normalized spacial score (nSPS) is 13.5. The molecular weight excluding hydrogens is 665 g/mol. The predicted molar refractivity (Wildman–Crippen MR) is 229 cm³/mol. The number of nitrogens with zero attached hydrogens (tertiary/aromatic N) is 2. The van der Waals surface area contributed by atoms with Crippen molar-refractivity contribution in [2.75, 3.05) is 0 Å².